The largest absolute Gasteiger partial charge is 0.338 e. The molecular weight excluding hydrogens is 395 g/mol. The van der Waals surface area contributed by atoms with Crippen LogP contribution in [-0.2, 0) is 4.79 Å². The first-order valence-corrected chi connectivity index (χ1v) is 9.81. The second-order valence-corrected chi connectivity index (χ2v) is 7.45. The summed E-state index contributed by atoms with van der Waals surface area (Å²) in [5.74, 6) is -0.951. The van der Waals surface area contributed by atoms with Gasteiger partial charge in [-0.3, -0.25) is 19.5 Å². The van der Waals surface area contributed by atoms with Crippen LogP contribution < -0.4 is 16.2 Å². The highest BCUT2D eigenvalue weighted by Gasteiger charge is 2.21. The molecule has 3 rings (SSSR count). The number of nitrogens with zero attached hydrogens (tertiary/aromatic N) is 2. The van der Waals surface area contributed by atoms with Crippen molar-refractivity contribution in [1.29, 1.82) is 0 Å². The Morgan fingerprint density at radius 3 is 2.55 bits per heavy atom. The molecule has 0 spiro atoms. The van der Waals surface area contributed by atoms with E-state index in [1.54, 1.807) is 38.1 Å². The summed E-state index contributed by atoms with van der Waals surface area (Å²) < 4.78 is 14.7. The maximum Gasteiger partial charge on any atom is 0.321 e. The average molecular weight is 414 g/mol. The van der Waals surface area contributed by atoms with E-state index >= 15 is 0 Å². The molecule has 0 bridgehead atoms. The Morgan fingerprint density at radius 1 is 1.17 bits per heavy atom. The predicted molar refractivity (Wildman–Crippen MR) is 110 cm³/mol. The average Bonchev–Trinajstić information content (AvgIpc) is 2.69. The Kier molecular flexibility index (Phi) is 6.28. The summed E-state index contributed by atoms with van der Waals surface area (Å²) in [7, 11) is 0. The molecule has 0 radical (unpaired) electrons. The van der Waals surface area contributed by atoms with Crippen molar-refractivity contribution in [2.45, 2.75) is 24.3 Å². The van der Waals surface area contributed by atoms with Crippen LogP contribution in [0.15, 0.2) is 58.5 Å². The number of amides is 3. The van der Waals surface area contributed by atoms with Crippen molar-refractivity contribution >= 4 is 34.6 Å². The first kappa shape index (κ1) is 20.5. The topological polar surface area (TPSA) is 93.1 Å². The Morgan fingerprint density at radius 2 is 1.86 bits per heavy atom. The number of urea groups is 1. The lowest BCUT2D eigenvalue weighted by atomic mass is 10.2. The van der Waals surface area contributed by atoms with Crippen molar-refractivity contribution in [1.82, 2.24) is 20.2 Å². The third-order valence-electron chi connectivity index (χ3n) is 4.06. The third-order valence-corrected chi connectivity index (χ3v) is 5.11. The summed E-state index contributed by atoms with van der Waals surface area (Å²) in [5, 5.41) is 4.68. The molecule has 0 aliphatic heterocycles. The lowest BCUT2D eigenvalue weighted by Crippen LogP contribution is -2.42. The zero-order valence-corrected chi connectivity index (χ0v) is 16.6. The second-order valence-electron chi connectivity index (χ2n) is 6.14. The van der Waals surface area contributed by atoms with Gasteiger partial charge in [-0.15, -0.1) is 0 Å². The monoisotopic (exact) mass is 414 g/mol. The molecule has 29 heavy (non-hydrogen) atoms. The molecule has 0 aliphatic carbocycles. The van der Waals surface area contributed by atoms with Crippen LogP contribution in [0, 0.1) is 5.82 Å². The number of nitrogens with one attached hydrogen (secondary N) is 2. The number of fused-ring (bicyclic) bond motifs is 1. The molecule has 3 aromatic rings. The summed E-state index contributed by atoms with van der Waals surface area (Å²) in [6.45, 7) is 3.73. The number of rotatable bonds is 5. The number of hydrogen-bond donors (Lipinski definition) is 2. The highest BCUT2D eigenvalue weighted by molar-refractivity contribution is 8.00. The predicted octanol–water partition coefficient (Wildman–Crippen LogP) is 2.85. The fourth-order valence-corrected chi connectivity index (χ4v) is 3.57. The minimum Gasteiger partial charge on any atom is -0.338 e. The van der Waals surface area contributed by atoms with E-state index in [0.717, 1.165) is 11.8 Å². The minimum atomic E-state index is -0.711. The first-order chi connectivity index (χ1) is 13.9. The van der Waals surface area contributed by atoms with E-state index in [-0.39, 0.29) is 10.7 Å². The first-order valence-electron chi connectivity index (χ1n) is 8.93. The SMILES string of the molecule is CCNC(=O)NC(=O)[C@H](C)Sc1nc2ccccc2c(=O)n1-c1ccc(F)cc1. The standard InChI is InChI=1S/C20H19FN4O3S/c1-3-22-19(28)24-17(26)12(2)29-20-23-16-7-5-4-6-15(16)18(27)25(20)14-10-8-13(21)9-11-14/h4-12H,3H2,1-2H3,(H2,22,24,26,28)/t12-/m0/s1. The van der Waals surface area contributed by atoms with Crippen LogP contribution in [0.4, 0.5) is 9.18 Å². The van der Waals surface area contributed by atoms with Gasteiger partial charge in [0.25, 0.3) is 5.56 Å². The van der Waals surface area contributed by atoms with Gasteiger partial charge in [0.05, 0.1) is 21.8 Å². The van der Waals surface area contributed by atoms with Gasteiger partial charge in [0.1, 0.15) is 5.82 Å². The molecule has 0 saturated heterocycles. The summed E-state index contributed by atoms with van der Waals surface area (Å²) >= 11 is 1.03. The summed E-state index contributed by atoms with van der Waals surface area (Å²) in [6, 6.07) is 11.7. The fourth-order valence-electron chi connectivity index (χ4n) is 2.64. The van der Waals surface area contributed by atoms with Crippen molar-refractivity contribution in [2.24, 2.45) is 0 Å². The van der Waals surface area contributed by atoms with E-state index < -0.39 is 23.0 Å². The molecular formula is C20H19FN4O3S. The number of imide groups is 1. The smallest absolute Gasteiger partial charge is 0.321 e. The number of carbonyl (C=O) groups is 2. The summed E-state index contributed by atoms with van der Waals surface area (Å²) in [4.78, 5) is 41.5. The molecule has 1 aromatic heterocycles. The summed E-state index contributed by atoms with van der Waals surface area (Å²) in [5.41, 5.74) is 0.573. The van der Waals surface area contributed by atoms with Crippen LogP contribution in [0.5, 0.6) is 0 Å². The molecule has 2 aromatic carbocycles. The minimum absolute atomic E-state index is 0.263. The van der Waals surface area contributed by atoms with Crippen molar-refractivity contribution in [3.63, 3.8) is 0 Å². The molecule has 0 fully saturated rings. The van der Waals surface area contributed by atoms with Crippen LogP contribution in [0.2, 0.25) is 0 Å². The van der Waals surface area contributed by atoms with Gasteiger partial charge in [-0.05, 0) is 50.2 Å². The number of hydrogen-bond acceptors (Lipinski definition) is 5. The van der Waals surface area contributed by atoms with Crippen LogP contribution in [0.25, 0.3) is 16.6 Å². The van der Waals surface area contributed by atoms with E-state index in [2.05, 4.69) is 15.6 Å². The molecule has 1 atom stereocenters. The second kappa shape index (κ2) is 8.87. The Hall–Kier alpha value is -3.20. The summed E-state index contributed by atoms with van der Waals surface area (Å²) in [6.07, 6.45) is 0. The Bertz CT molecular complexity index is 1110. The van der Waals surface area contributed by atoms with Gasteiger partial charge in [0, 0.05) is 6.54 Å². The lowest BCUT2D eigenvalue weighted by molar-refractivity contribution is -0.119. The van der Waals surface area contributed by atoms with Gasteiger partial charge in [-0.2, -0.15) is 0 Å². The molecule has 3 amide bonds. The van der Waals surface area contributed by atoms with Crippen LogP contribution in [0.3, 0.4) is 0 Å². The Balaban J connectivity index is 2.03. The van der Waals surface area contributed by atoms with E-state index in [4.69, 9.17) is 0 Å². The maximum absolute atomic E-state index is 13.4. The highest BCUT2D eigenvalue weighted by atomic mass is 32.2. The van der Waals surface area contributed by atoms with Crippen LogP contribution >= 0.6 is 11.8 Å². The quantitative estimate of drug-likeness (QED) is 0.495. The molecule has 0 unspecified atom stereocenters. The highest BCUT2D eigenvalue weighted by Crippen LogP contribution is 2.25. The lowest BCUT2D eigenvalue weighted by Gasteiger charge is -2.16. The normalized spacial score (nSPS) is 11.8. The number of carbonyl (C=O) groups excluding carboxylic acids is 2. The molecule has 1 heterocycles. The molecule has 0 aliphatic rings. The van der Waals surface area contributed by atoms with Gasteiger partial charge in [0.2, 0.25) is 5.91 Å². The van der Waals surface area contributed by atoms with Crippen LogP contribution in [0.1, 0.15) is 13.8 Å². The number of aromatic nitrogens is 2. The van der Waals surface area contributed by atoms with Crippen molar-refractivity contribution in [2.75, 3.05) is 6.54 Å². The zero-order valence-electron chi connectivity index (χ0n) is 15.8. The van der Waals surface area contributed by atoms with Gasteiger partial charge >= 0.3 is 6.03 Å². The number of benzene rings is 2. The van der Waals surface area contributed by atoms with E-state index in [9.17, 15) is 18.8 Å². The number of thioether (sulfide) groups is 1. The molecule has 9 heteroatoms. The molecule has 150 valence electrons. The van der Waals surface area contributed by atoms with Crippen molar-refractivity contribution in [3.05, 3.63) is 64.7 Å². The van der Waals surface area contributed by atoms with E-state index in [0.29, 0.717) is 23.1 Å². The molecule has 0 saturated carbocycles. The zero-order chi connectivity index (χ0) is 21.0. The van der Waals surface area contributed by atoms with Crippen molar-refractivity contribution in [3.8, 4) is 5.69 Å². The number of halogens is 1. The van der Waals surface area contributed by atoms with E-state index in [1.807, 2.05) is 0 Å². The molecule has 7 nitrogen and oxygen atoms in total. The fraction of sp³-hybridized carbons (Fsp3) is 0.200. The number of para-hydroxylation sites is 1. The van der Waals surface area contributed by atoms with Gasteiger partial charge in [-0.1, -0.05) is 23.9 Å². The maximum atomic E-state index is 13.4. The Labute approximate surface area is 170 Å². The van der Waals surface area contributed by atoms with Gasteiger partial charge in [0.15, 0.2) is 5.16 Å². The molecule has 2 N–H and O–H groups in total. The van der Waals surface area contributed by atoms with Crippen molar-refractivity contribution < 1.29 is 14.0 Å². The third kappa shape index (κ3) is 4.62. The van der Waals surface area contributed by atoms with Gasteiger partial charge in [-0.25, -0.2) is 14.2 Å². The van der Waals surface area contributed by atoms with E-state index in [1.165, 1.54) is 28.8 Å². The van der Waals surface area contributed by atoms with Crippen LogP contribution in [-0.4, -0.2) is 33.3 Å². The van der Waals surface area contributed by atoms with Gasteiger partial charge < -0.3 is 5.32 Å².